The molecule has 0 spiro atoms. The van der Waals surface area contributed by atoms with Crippen molar-refractivity contribution in [2.75, 3.05) is 0 Å². The maximum absolute atomic E-state index is 11.6. The molecular weight excluding hydrogens is 406 g/mol. The summed E-state index contributed by atoms with van der Waals surface area (Å²) in [4.78, 5) is 42.6. The number of nitrogens with zero attached hydrogens (tertiary/aromatic N) is 2. The maximum Gasteiger partial charge on any atom is 0.308 e. The van der Waals surface area contributed by atoms with Crippen LogP contribution >= 0.6 is 0 Å². The van der Waals surface area contributed by atoms with Gasteiger partial charge in [-0.15, -0.1) is 0 Å². The van der Waals surface area contributed by atoms with E-state index < -0.39 is 15.8 Å². The number of aryl methyl sites for hydroxylation is 2. The van der Waals surface area contributed by atoms with Crippen molar-refractivity contribution in [3.63, 3.8) is 0 Å². The van der Waals surface area contributed by atoms with Crippen LogP contribution in [0, 0.1) is 34.1 Å². The Morgan fingerprint density at radius 2 is 1.32 bits per heavy atom. The van der Waals surface area contributed by atoms with Gasteiger partial charge in [0.1, 0.15) is 0 Å². The molecular formula is C21H25N3O7. The van der Waals surface area contributed by atoms with Crippen molar-refractivity contribution in [2.24, 2.45) is 0 Å². The van der Waals surface area contributed by atoms with E-state index in [4.69, 9.17) is 5.11 Å². The predicted molar refractivity (Wildman–Crippen MR) is 114 cm³/mol. The first-order valence-electron chi connectivity index (χ1n) is 9.40. The zero-order valence-electron chi connectivity index (χ0n) is 17.7. The number of nitrogens with one attached hydrogen (secondary N) is 1. The van der Waals surface area contributed by atoms with Crippen LogP contribution in [0.5, 0.6) is 0 Å². The third-order valence-corrected chi connectivity index (χ3v) is 4.15. The summed E-state index contributed by atoms with van der Waals surface area (Å²) >= 11 is 0. The third kappa shape index (κ3) is 7.84. The summed E-state index contributed by atoms with van der Waals surface area (Å²) in [6.45, 7) is 6.95. The molecule has 0 aliphatic carbocycles. The number of nitro benzene ring substituents is 2. The number of para-hydroxylation sites is 2. The molecule has 31 heavy (non-hydrogen) atoms. The van der Waals surface area contributed by atoms with Gasteiger partial charge in [0.15, 0.2) is 0 Å². The minimum Gasteiger partial charge on any atom is -0.481 e. The summed E-state index contributed by atoms with van der Waals surface area (Å²) in [5, 5.41) is 32.8. The Labute approximate surface area is 179 Å². The van der Waals surface area contributed by atoms with Gasteiger partial charge < -0.3 is 10.4 Å². The van der Waals surface area contributed by atoms with Crippen LogP contribution in [0.15, 0.2) is 36.4 Å². The van der Waals surface area contributed by atoms with E-state index in [0.717, 1.165) is 0 Å². The fourth-order valence-electron chi connectivity index (χ4n) is 2.96. The smallest absolute Gasteiger partial charge is 0.308 e. The molecule has 0 aliphatic rings. The first kappa shape index (κ1) is 25.2. The lowest BCUT2D eigenvalue weighted by Crippen LogP contribution is -2.31. The molecule has 0 unspecified atom stereocenters. The van der Waals surface area contributed by atoms with E-state index in [9.17, 15) is 29.8 Å². The summed E-state index contributed by atoms with van der Waals surface area (Å²) in [5.74, 6) is -1.27. The molecule has 2 aromatic carbocycles. The van der Waals surface area contributed by atoms with E-state index in [-0.39, 0.29) is 41.7 Å². The van der Waals surface area contributed by atoms with Crippen molar-refractivity contribution in [2.45, 2.75) is 46.6 Å². The first-order valence-corrected chi connectivity index (χ1v) is 9.40. The molecule has 0 bridgehead atoms. The molecule has 2 aromatic rings. The van der Waals surface area contributed by atoms with Gasteiger partial charge in [-0.25, -0.2) is 0 Å². The Kier molecular flexibility index (Phi) is 9.26. The Morgan fingerprint density at radius 1 is 0.903 bits per heavy atom. The number of hydrogen-bond donors (Lipinski definition) is 2. The molecule has 1 amide bonds. The molecule has 0 fully saturated rings. The summed E-state index contributed by atoms with van der Waals surface area (Å²) in [7, 11) is 0. The van der Waals surface area contributed by atoms with Crippen LogP contribution in [-0.4, -0.2) is 32.9 Å². The third-order valence-electron chi connectivity index (χ3n) is 4.15. The average Bonchev–Trinajstić information content (AvgIpc) is 2.60. The molecule has 2 N–H and O–H groups in total. The summed E-state index contributed by atoms with van der Waals surface area (Å²) in [5.41, 5.74) is 1.68. The molecule has 166 valence electrons. The second kappa shape index (κ2) is 11.4. The molecule has 0 heterocycles. The SMILES string of the molecule is Cc1cccc(CC(=O)NC(C)C)c1[N+](=O)[O-].Cc1cccc(CC(=O)O)c1[N+](=O)[O-]. The Bertz CT molecular complexity index is 987. The van der Waals surface area contributed by atoms with E-state index in [1.54, 1.807) is 44.2 Å². The van der Waals surface area contributed by atoms with Gasteiger partial charge >= 0.3 is 5.97 Å². The number of carboxylic acid groups (broad SMARTS) is 1. The highest BCUT2D eigenvalue weighted by molar-refractivity contribution is 5.80. The van der Waals surface area contributed by atoms with Crippen LogP contribution < -0.4 is 5.32 Å². The lowest BCUT2D eigenvalue weighted by molar-refractivity contribution is -0.386. The van der Waals surface area contributed by atoms with Gasteiger partial charge in [-0.3, -0.25) is 29.8 Å². The number of nitro groups is 2. The topological polar surface area (TPSA) is 153 Å². The van der Waals surface area contributed by atoms with Gasteiger partial charge in [0.25, 0.3) is 11.4 Å². The molecule has 0 atom stereocenters. The van der Waals surface area contributed by atoms with Gasteiger partial charge in [-0.2, -0.15) is 0 Å². The molecule has 0 saturated heterocycles. The van der Waals surface area contributed by atoms with Crippen molar-refractivity contribution < 1.29 is 24.5 Å². The Balaban J connectivity index is 0.000000316. The predicted octanol–water partition coefficient (Wildman–Crippen LogP) is 3.50. The molecule has 2 rings (SSSR count). The van der Waals surface area contributed by atoms with Gasteiger partial charge in [-0.05, 0) is 27.7 Å². The number of rotatable bonds is 7. The van der Waals surface area contributed by atoms with E-state index in [0.29, 0.717) is 16.7 Å². The number of carboxylic acids is 1. The van der Waals surface area contributed by atoms with E-state index in [2.05, 4.69) is 5.32 Å². The van der Waals surface area contributed by atoms with Crippen LogP contribution in [0.1, 0.15) is 36.1 Å². The van der Waals surface area contributed by atoms with E-state index in [1.807, 2.05) is 13.8 Å². The van der Waals surface area contributed by atoms with Crippen molar-refractivity contribution >= 4 is 23.3 Å². The summed E-state index contributed by atoms with van der Waals surface area (Å²) < 4.78 is 0. The van der Waals surface area contributed by atoms with Crippen molar-refractivity contribution in [3.05, 3.63) is 78.9 Å². The lowest BCUT2D eigenvalue weighted by atomic mass is 10.1. The van der Waals surface area contributed by atoms with Crippen molar-refractivity contribution in [3.8, 4) is 0 Å². The van der Waals surface area contributed by atoms with Crippen molar-refractivity contribution in [1.82, 2.24) is 5.32 Å². The number of amides is 1. The lowest BCUT2D eigenvalue weighted by Gasteiger charge is -2.09. The quantitative estimate of drug-likeness (QED) is 0.502. The minimum atomic E-state index is -1.07. The van der Waals surface area contributed by atoms with Gasteiger partial charge in [0.05, 0.1) is 22.7 Å². The van der Waals surface area contributed by atoms with Crippen LogP contribution in [0.3, 0.4) is 0 Å². The molecule has 0 saturated carbocycles. The highest BCUT2D eigenvalue weighted by Gasteiger charge is 2.19. The minimum absolute atomic E-state index is 0.0337. The fourth-order valence-corrected chi connectivity index (χ4v) is 2.96. The Hall–Kier alpha value is -3.82. The highest BCUT2D eigenvalue weighted by Crippen LogP contribution is 2.24. The number of benzene rings is 2. The standard InChI is InChI=1S/C12H16N2O3.C9H9NO4/c1-8(2)13-11(15)7-10-6-4-5-9(3)12(10)14(16)17;1-6-3-2-4-7(5-8(11)12)9(6)10(13)14/h4-6,8H,7H2,1-3H3,(H,13,15);2-4H,5H2,1H3,(H,11,12). The summed E-state index contributed by atoms with van der Waals surface area (Å²) in [6, 6.07) is 9.70. The number of carbonyl (C=O) groups is 2. The number of aliphatic carboxylic acids is 1. The van der Waals surface area contributed by atoms with Crippen LogP contribution in [0.25, 0.3) is 0 Å². The van der Waals surface area contributed by atoms with Gasteiger partial charge in [-0.1, -0.05) is 36.4 Å². The van der Waals surface area contributed by atoms with E-state index >= 15 is 0 Å². The van der Waals surface area contributed by atoms with Crippen LogP contribution in [-0.2, 0) is 22.4 Å². The number of carbonyl (C=O) groups excluding carboxylic acids is 1. The van der Waals surface area contributed by atoms with Crippen molar-refractivity contribution in [1.29, 1.82) is 0 Å². The molecule has 0 radical (unpaired) electrons. The molecule has 10 heteroatoms. The average molecular weight is 431 g/mol. The molecule has 0 aliphatic heterocycles. The monoisotopic (exact) mass is 431 g/mol. The van der Waals surface area contributed by atoms with Gasteiger partial charge in [0, 0.05) is 28.3 Å². The van der Waals surface area contributed by atoms with Gasteiger partial charge in [0.2, 0.25) is 5.91 Å². The number of hydrogen-bond acceptors (Lipinski definition) is 6. The highest BCUT2D eigenvalue weighted by atomic mass is 16.6. The Morgan fingerprint density at radius 3 is 1.68 bits per heavy atom. The second-order valence-corrected chi connectivity index (χ2v) is 7.15. The second-order valence-electron chi connectivity index (χ2n) is 7.15. The maximum atomic E-state index is 11.6. The zero-order valence-corrected chi connectivity index (χ0v) is 17.7. The largest absolute Gasteiger partial charge is 0.481 e. The normalized spacial score (nSPS) is 10.1. The molecule has 0 aromatic heterocycles. The molecule has 10 nitrogen and oxygen atoms in total. The summed E-state index contributed by atoms with van der Waals surface area (Å²) in [6.07, 6.45) is -0.284. The van der Waals surface area contributed by atoms with Crippen LogP contribution in [0.2, 0.25) is 0 Å². The van der Waals surface area contributed by atoms with E-state index in [1.165, 1.54) is 6.07 Å². The fraction of sp³-hybridized carbons (Fsp3) is 0.333. The van der Waals surface area contributed by atoms with Crippen LogP contribution in [0.4, 0.5) is 11.4 Å². The zero-order chi connectivity index (χ0) is 23.7. The first-order chi connectivity index (χ1) is 14.4.